The Bertz CT molecular complexity index is 986. The molecule has 3 fully saturated rings. The van der Waals surface area contributed by atoms with Crippen molar-refractivity contribution in [3.8, 4) is 0 Å². The van der Waals surface area contributed by atoms with E-state index in [1.54, 1.807) is 0 Å². The second-order valence-corrected chi connectivity index (χ2v) is 12.1. The Balaban J connectivity index is 1.83. The van der Waals surface area contributed by atoms with Crippen LogP contribution in [-0.2, 0) is 23.7 Å². The van der Waals surface area contributed by atoms with Crippen molar-refractivity contribution in [1.82, 2.24) is 10.2 Å². The number of aliphatic imine (C=N–C) groups is 1. The van der Waals surface area contributed by atoms with Crippen molar-refractivity contribution in [2.75, 3.05) is 52.5 Å². The normalized spacial score (nSPS) is 39.4. The molecule has 0 bridgehead atoms. The van der Waals surface area contributed by atoms with Crippen LogP contribution >= 0.6 is 0 Å². The molecule has 0 aromatic rings. The molecule has 2 saturated heterocycles. The van der Waals surface area contributed by atoms with Crippen LogP contribution in [0.5, 0.6) is 0 Å². The molecule has 14 atom stereocenters. The molecule has 3 aliphatic rings. The zero-order valence-corrected chi connectivity index (χ0v) is 26.5. The lowest BCUT2D eigenvalue weighted by Crippen LogP contribution is -2.68. The fourth-order valence-corrected chi connectivity index (χ4v) is 5.91. The zero-order chi connectivity index (χ0) is 34.8. The summed E-state index contributed by atoms with van der Waals surface area (Å²) >= 11 is 0. The van der Waals surface area contributed by atoms with Gasteiger partial charge in [-0.25, -0.2) is 0 Å². The van der Waals surface area contributed by atoms with Crippen molar-refractivity contribution in [2.24, 2.45) is 50.9 Å². The summed E-state index contributed by atoms with van der Waals surface area (Å²) in [5, 5.41) is 51.4. The van der Waals surface area contributed by atoms with Crippen LogP contribution in [0.15, 0.2) is 4.99 Å². The molecule has 0 amide bonds. The molecule has 3 rings (SSSR count). The Labute approximate surface area is 273 Å². The van der Waals surface area contributed by atoms with Crippen LogP contribution in [0.1, 0.15) is 12.8 Å². The highest BCUT2D eigenvalue weighted by Crippen LogP contribution is 2.32. The molecule has 0 aromatic heterocycles. The van der Waals surface area contributed by atoms with E-state index in [0.29, 0.717) is 32.7 Å². The third kappa shape index (κ3) is 11.0. The van der Waals surface area contributed by atoms with E-state index < -0.39 is 92.2 Å². The van der Waals surface area contributed by atoms with Gasteiger partial charge in [0.2, 0.25) is 0 Å². The molecule has 0 radical (unpaired) electrons. The molecule has 21 nitrogen and oxygen atoms in total. The summed E-state index contributed by atoms with van der Waals surface area (Å²) in [4.78, 5) is 6.01. The first-order chi connectivity index (χ1) is 22.3. The zero-order valence-electron chi connectivity index (χ0n) is 26.5. The highest BCUT2D eigenvalue weighted by Gasteiger charge is 2.51. The second-order valence-electron chi connectivity index (χ2n) is 12.1. The number of aliphatic hydroxyl groups excluding tert-OH is 4. The molecule has 274 valence electrons. The van der Waals surface area contributed by atoms with Gasteiger partial charge in [0.1, 0.15) is 36.6 Å². The molecule has 0 spiro atoms. The lowest BCUT2D eigenvalue weighted by molar-refractivity contribution is -0.318. The summed E-state index contributed by atoms with van der Waals surface area (Å²) in [6, 6.07) is -3.32. The first kappa shape index (κ1) is 39.4. The summed E-state index contributed by atoms with van der Waals surface area (Å²) in [6.45, 7) is 1.49. The van der Waals surface area contributed by atoms with Crippen LogP contribution in [0.25, 0.3) is 0 Å². The number of guanidine groups is 2. The van der Waals surface area contributed by atoms with E-state index in [2.05, 4.69) is 10.3 Å². The Kier molecular flexibility index (Phi) is 15.6. The first-order valence-electron chi connectivity index (χ1n) is 15.7. The Morgan fingerprint density at radius 3 is 2.09 bits per heavy atom. The van der Waals surface area contributed by atoms with Gasteiger partial charge in [0, 0.05) is 44.8 Å². The number of nitrogens with one attached hydrogen (secondary N) is 2. The van der Waals surface area contributed by atoms with E-state index >= 15 is 0 Å². The van der Waals surface area contributed by atoms with Crippen LogP contribution in [0.3, 0.4) is 0 Å². The third-order valence-corrected chi connectivity index (χ3v) is 8.56. The predicted molar refractivity (Wildman–Crippen MR) is 169 cm³/mol. The highest BCUT2D eigenvalue weighted by atomic mass is 16.7. The van der Waals surface area contributed by atoms with Crippen LogP contribution in [0, 0.1) is 5.41 Å². The molecule has 21 heteroatoms. The van der Waals surface area contributed by atoms with Gasteiger partial charge in [-0.2, -0.15) is 0 Å². The summed E-state index contributed by atoms with van der Waals surface area (Å²) in [6.07, 6.45) is -10.4. The van der Waals surface area contributed by atoms with E-state index in [-0.39, 0.29) is 37.9 Å². The average Bonchev–Trinajstić information content (AvgIpc) is 3.00. The predicted octanol–water partition coefficient (Wildman–Crippen LogP) is -8.21. The average molecular weight is 681 g/mol. The van der Waals surface area contributed by atoms with E-state index in [4.69, 9.17) is 75.0 Å². The standard InChI is InChI=1S/C26H56N12O9/c27-9-15-14(40)8-13(30)23(44-15)46-20-11(28)7-12(29)21(47-24-19(42)17(31)18(41)16(10-39)45-24)22(20)43-6-5-38(3-1-36-25(32)33)4-2-37-26(34)35/h11-24,39-42H,1-10,27-31H2,(H4,32,33,36)(H4,34,35,37)/t11-,12+,13-,14+,15-,16-,17+,18-,19-,20+,21-,22-,23-,24-/m1/s1. The maximum absolute atomic E-state index is 10.8. The summed E-state index contributed by atoms with van der Waals surface area (Å²) in [5.41, 5.74) is 47.6. The van der Waals surface area contributed by atoms with Crippen LogP contribution in [0.4, 0.5) is 0 Å². The molecule has 1 aliphatic carbocycles. The van der Waals surface area contributed by atoms with Crippen LogP contribution in [-0.4, -0.2) is 175 Å². The largest absolute Gasteiger partial charge is 0.394 e. The number of aliphatic hydroxyl groups is 4. The quantitative estimate of drug-likeness (QED) is 0.0531. The van der Waals surface area contributed by atoms with Crippen LogP contribution < -0.4 is 51.2 Å². The van der Waals surface area contributed by atoms with E-state index in [0.717, 1.165) is 0 Å². The van der Waals surface area contributed by atoms with Crippen molar-refractivity contribution in [3.05, 3.63) is 0 Å². The molecule has 22 N–H and O–H groups in total. The van der Waals surface area contributed by atoms with E-state index in [1.165, 1.54) is 0 Å². The number of nitrogens with zero attached hydrogens (tertiary/aromatic N) is 2. The topological polar surface area (TPSA) is 387 Å². The molecule has 47 heavy (non-hydrogen) atoms. The Morgan fingerprint density at radius 2 is 1.49 bits per heavy atom. The van der Waals surface area contributed by atoms with Crippen molar-refractivity contribution in [3.63, 3.8) is 0 Å². The van der Waals surface area contributed by atoms with Crippen molar-refractivity contribution in [2.45, 2.75) is 98.4 Å². The van der Waals surface area contributed by atoms with Gasteiger partial charge in [-0.1, -0.05) is 0 Å². The number of ether oxygens (including phenoxy) is 5. The first-order valence-corrected chi connectivity index (χ1v) is 15.7. The Morgan fingerprint density at radius 1 is 0.851 bits per heavy atom. The van der Waals surface area contributed by atoms with Gasteiger partial charge >= 0.3 is 0 Å². The molecule has 1 saturated carbocycles. The molecular weight excluding hydrogens is 624 g/mol. The van der Waals surface area contributed by atoms with Gasteiger partial charge in [0.05, 0.1) is 44.1 Å². The monoisotopic (exact) mass is 680 g/mol. The number of nitrogens with two attached hydrogens (primary N) is 8. The van der Waals surface area contributed by atoms with Gasteiger partial charge in [-0.05, 0) is 12.8 Å². The number of hydrogen-bond acceptors (Lipinski definition) is 17. The third-order valence-electron chi connectivity index (χ3n) is 8.56. The van der Waals surface area contributed by atoms with Crippen molar-refractivity contribution >= 4 is 11.9 Å². The minimum Gasteiger partial charge on any atom is -0.394 e. The van der Waals surface area contributed by atoms with Gasteiger partial charge < -0.3 is 95.3 Å². The minimum absolute atomic E-state index is 0.0320. The van der Waals surface area contributed by atoms with Crippen molar-refractivity contribution < 1.29 is 44.1 Å². The maximum atomic E-state index is 10.8. The SMILES string of the molecule is N=C(N)NCCN(CCN=C(N)N)CCO[C@@H]1[C@@H](O[C@H]2O[C@H](CN)[C@@H](O)C[C@H]2N)[C@H](N)C[C@H](N)[C@H]1O[C@H]1O[C@H](CO)[C@@H](O)[C@H](N)[C@H]1O. The van der Waals surface area contributed by atoms with Gasteiger partial charge in [-0.15, -0.1) is 0 Å². The van der Waals surface area contributed by atoms with Gasteiger partial charge in [0.15, 0.2) is 24.5 Å². The molecule has 2 aliphatic heterocycles. The Hall–Kier alpha value is -2.06. The lowest BCUT2D eigenvalue weighted by Gasteiger charge is -2.49. The number of rotatable bonds is 16. The molecule has 0 unspecified atom stereocenters. The van der Waals surface area contributed by atoms with E-state index in [9.17, 15) is 20.4 Å². The molecular formula is C26H56N12O9. The van der Waals surface area contributed by atoms with Gasteiger partial charge in [0.25, 0.3) is 0 Å². The second kappa shape index (κ2) is 18.6. The van der Waals surface area contributed by atoms with E-state index in [1.807, 2.05) is 4.90 Å². The fraction of sp³-hybridized carbons (Fsp3) is 0.923. The highest BCUT2D eigenvalue weighted by molar-refractivity contribution is 5.75. The summed E-state index contributed by atoms with van der Waals surface area (Å²) in [5.74, 6) is -0.227. The summed E-state index contributed by atoms with van der Waals surface area (Å²) < 4.78 is 30.5. The number of hydrogen-bond donors (Lipinski definition) is 14. The smallest absolute Gasteiger partial charge is 0.186 e. The summed E-state index contributed by atoms with van der Waals surface area (Å²) in [7, 11) is 0. The molecule has 0 aromatic carbocycles. The minimum atomic E-state index is -1.47. The molecule has 2 heterocycles. The van der Waals surface area contributed by atoms with Crippen LogP contribution in [0.2, 0.25) is 0 Å². The fourth-order valence-electron chi connectivity index (χ4n) is 5.91. The van der Waals surface area contributed by atoms with Gasteiger partial charge in [-0.3, -0.25) is 15.3 Å². The lowest BCUT2D eigenvalue weighted by atomic mass is 9.84. The maximum Gasteiger partial charge on any atom is 0.186 e. The van der Waals surface area contributed by atoms with Crippen molar-refractivity contribution in [1.29, 1.82) is 5.41 Å².